The van der Waals surface area contributed by atoms with Gasteiger partial charge in [0.2, 0.25) is 5.91 Å². The quantitative estimate of drug-likeness (QED) is 0.673. The first kappa shape index (κ1) is 21.9. The molecule has 4 rings (SSSR count). The lowest BCUT2D eigenvalue weighted by Crippen LogP contribution is -2.48. The molecule has 2 aromatic rings. The molecule has 0 unspecified atom stereocenters. The largest absolute Gasteiger partial charge is 0.328 e. The summed E-state index contributed by atoms with van der Waals surface area (Å²) in [6.07, 6.45) is 6.48. The number of carbonyl (C=O) groups excluding carboxylic acids is 1. The number of sulfonamides is 1. The lowest BCUT2D eigenvalue weighted by molar-refractivity contribution is -0.136. The van der Waals surface area contributed by atoms with Crippen LogP contribution in [0, 0.1) is 5.82 Å². The molecule has 1 aromatic carbocycles. The zero-order valence-electron chi connectivity index (χ0n) is 17.5. The van der Waals surface area contributed by atoms with E-state index in [1.165, 1.54) is 33.5 Å². The minimum Gasteiger partial charge on any atom is -0.328 e. The summed E-state index contributed by atoms with van der Waals surface area (Å²) in [5.41, 5.74) is 0.998. The number of amides is 1. The second-order valence-corrected chi connectivity index (χ2v) is 10.1. The Morgan fingerprint density at radius 2 is 1.74 bits per heavy atom. The first-order valence-electron chi connectivity index (χ1n) is 10.7. The molecule has 1 amide bonds. The van der Waals surface area contributed by atoms with E-state index in [1.54, 1.807) is 17.0 Å². The summed E-state index contributed by atoms with van der Waals surface area (Å²) in [6, 6.07) is 6.39. The molecule has 2 aliphatic rings. The number of halogens is 1. The van der Waals surface area contributed by atoms with Gasteiger partial charge >= 0.3 is 0 Å². The van der Waals surface area contributed by atoms with E-state index in [0.29, 0.717) is 32.8 Å². The Hall–Kier alpha value is -2.30. The molecule has 0 saturated carbocycles. The SMILES string of the molecule is O=C(Cn1cnc(S(=O)(=O)N2CCCCC2)c1)N1CCCN(Cc2ccc(F)cc2)C1. The summed E-state index contributed by atoms with van der Waals surface area (Å²) in [7, 11) is -3.61. The number of rotatable bonds is 6. The van der Waals surface area contributed by atoms with Crippen molar-refractivity contribution >= 4 is 15.9 Å². The van der Waals surface area contributed by atoms with Gasteiger partial charge < -0.3 is 9.47 Å². The summed E-state index contributed by atoms with van der Waals surface area (Å²) in [5.74, 6) is -0.343. The standard InChI is InChI=1S/C21H28FN5O3S/c22-19-7-5-18(6-8-19)13-24-9-4-10-26(17-24)21(28)15-25-14-20(23-16-25)31(29,30)27-11-2-1-3-12-27/h5-8,14,16H,1-4,9-13,15,17H2. The van der Waals surface area contributed by atoms with E-state index in [4.69, 9.17) is 0 Å². The Bertz CT molecular complexity index is 1000. The Labute approximate surface area is 182 Å². The van der Waals surface area contributed by atoms with Crippen molar-refractivity contribution in [1.29, 1.82) is 0 Å². The van der Waals surface area contributed by atoms with Crippen LogP contribution in [0.4, 0.5) is 4.39 Å². The summed E-state index contributed by atoms with van der Waals surface area (Å²) in [4.78, 5) is 20.8. The third-order valence-electron chi connectivity index (χ3n) is 5.79. The Morgan fingerprint density at radius 3 is 2.48 bits per heavy atom. The number of hydrogen-bond donors (Lipinski definition) is 0. The van der Waals surface area contributed by atoms with Crippen LogP contribution in [-0.4, -0.2) is 70.8 Å². The highest BCUT2D eigenvalue weighted by molar-refractivity contribution is 7.89. The molecule has 0 N–H and O–H groups in total. The summed E-state index contributed by atoms with van der Waals surface area (Å²) in [5, 5.41) is -0.00113. The molecule has 1 aromatic heterocycles. The van der Waals surface area contributed by atoms with Crippen LogP contribution in [0.15, 0.2) is 41.8 Å². The van der Waals surface area contributed by atoms with Gasteiger partial charge in [-0.15, -0.1) is 0 Å². The molecule has 0 radical (unpaired) electrons. The van der Waals surface area contributed by atoms with E-state index in [2.05, 4.69) is 9.88 Å². The van der Waals surface area contributed by atoms with Crippen molar-refractivity contribution in [2.24, 2.45) is 0 Å². The Morgan fingerprint density at radius 1 is 1.00 bits per heavy atom. The number of imidazole rings is 1. The van der Waals surface area contributed by atoms with Crippen molar-refractivity contribution in [2.75, 3.05) is 32.8 Å². The number of benzene rings is 1. The van der Waals surface area contributed by atoms with Gasteiger partial charge in [-0.05, 0) is 37.0 Å². The van der Waals surface area contributed by atoms with Crippen LogP contribution in [-0.2, 0) is 27.9 Å². The lowest BCUT2D eigenvalue weighted by Gasteiger charge is -2.35. The predicted octanol–water partition coefficient (Wildman–Crippen LogP) is 1.89. The van der Waals surface area contributed by atoms with E-state index < -0.39 is 10.0 Å². The van der Waals surface area contributed by atoms with Crippen molar-refractivity contribution in [3.8, 4) is 0 Å². The molecule has 10 heteroatoms. The molecule has 2 aliphatic heterocycles. The van der Waals surface area contributed by atoms with Gasteiger partial charge in [0, 0.05) is 38.9 Å². The molecule has 3 heterocycles. The number of piperidine rings is 1. The molecule has 31 heavy (non-hydrogen) atoms. The van der Waals surface area contributed by atoms with Crippen molar-refractivity contribution in [1.82, 2.24) is 23.7 Å². The number of nitrogens with zero attached hydrogens (tertiary/aromatic N) is 5. The molecule has 0 bridgehead atoms. The minimum absolute atomic E-state index is 0.00113. The highest BCUT2D eigenvalue weighted by Gasteiger charge is 2.28. The van der Waals surface area contributed by atoms with Gasteiger partial charge in [-0.1, -0.05) is 18.6 Å². The van der Waals surface area contributed by atoms with Crippen molar-refractivity contribution in [2.45, 2.75) is 43.8 Å². The zero-order valence-corrected chi connectivity index (χ0v) is 18.3. The average molecular weight is 450 g/mol. The van der Waals surface area contributed by atoms with Gasteiger partial charge in [-0.25, -0.2) is 17.8 Å². The van der Waals surface area contributed by atoms with E-state index in [1.807, 2.05) is 0 Å². The number of carbonyl (C=O) groups is 1. The number of aromatic nitrogens is 2. The predicted molar refractivity (Wildman–Crippen MR) is 113 cm³/mol. The first-order valence-corrected chi connectivity index (χ1v) is 12.1. The van der Waals surface area contributed by atoms with Crippen LogP contribution in [0.1, 0.15) is 31.2 Å². The molecule has 2 saturated heterocycles. The highest BCUT2D eigenvalue weighted by atomic mass is 32.2. The van der Waals surface area contributed by atoms with Crippen LogP contribution >= 0.6 is 0 Å². The highest BCUT2D eigenvalue weighted by Crippen LogP contribution is 2.19. The molecule has 8 nitrogen and oxygen atoms in total. The van der Waals surface area contributed by atoms with Crippen molar-refractivity contribution in [3.63, 3.8) is 0 Å². The molecular weight excluding hydrogens is 421 g/mol. The van der Waals surface area contributed by atoms with Crippen LogP contribution in [0.25, 0.3) is 0 Å². The lowest BCUT2D eigenvalue weighted by atomic mass is 10.2. The fourth-order valence-corrected chi connectivity index (χ4v) is 5.55. The molecule has 0 aliphatic carbocycles. The minimum atomic E-state index is -3.61. The third kappa shape index (κ3) is 5.31. The van der Waals surface area contributed by atoms with E-state index in [0.717, 1.165) is 37.8 Å². The smallest absolute Gasteiger partial charge is 0.262 e. The molecule has 0 atom stereocenters. The summed E-state index contributed by atoms with van der Waals surface area (Å²) >= 11 is 0. The maximum Gasteiger partial charge on any atom is 0.262 e. The van der Waals surface area contributed by atoms with Crippen LogP contribution in [0.2, 0.25) is 0 Å². The Kier molecular flexibility index (Phi) is 6.68. The zero-order chi connectivity index (χ0) is 21.8. The second-order valence-electron chi connectivity index (χ2n) is 8.18. The van der Waals surface area contributed by atoms with Crippen LogP contribution in [0.5, 0.6) is 0 Å². The maximum atomic E-state index is 13.1. The summed E-state index contributed by atoms with van der Waals surface area (Å²) in [6.45, 7) is 3.75. The fraction of sp³-hybridized carbons (Fsp3) is 0.524. The molecule has 168 valence electrons. The molecule has 0 spiro atoms. The monoisotopic (exact) mass is 449 g/mol. The van der Waals surface area contributed by atoms with Crippen LogP contribution in [0.3, 0.4) is 0 Å². The molecular formula is C21H28FN5O3S. The van der Waals surface area contributed by atoms with E-state index in [9.17, 15) is 17.6 Å². The first-order chi connectivity index (χ1) is 14.9. The van der Waals surface area contributed by atoms with Gasteiger partial charge in [0.05, 0.1) is 13.0 Å². The van der Waals surface area contributed by atoms with E-state index in [-0.39, 0.29) is 23.3 Å². The average Bonchev–Trinajstić information content (AvgIpc) is 3.25. The number of hydrogen-bond acceptors (Lipinski definition) is 5. The fourth-order valence-electron chi connectivity index (χ4n) is 4.10. The normalized spacial score (nSPS) is 18.9. The summed E-state index contributed by atoms with van der Waals surface area (Å²) < 4.78 is 41.6. The Balaban J connectivity index is 1.35. The van der Waals surface area contributed by atoms with Gasteiger partial charge in [0.1, 0.15) is 12.4 Å². The van der Waals surface area contributed by atoms with Crippen molar-refractivity contribution in [3.05, 3.63) is 48.2 Å². The van der Waals surface area contributed by atoms with E-state index >= 15 is 0 Å². The third-order valence-corrected chi connectivity index (χ3v) is 7.58. The second kappa shape index (κ2) is 9.46. The van der Waals surface area contributed by atoms with Crippen molar-refractivity contribution < 1.29 is 17.6 Å². The molecule has 2 fully saturated rings. The van der Waals surface area contributed by atoms with Gasteiger partial charge in [0.15, 0.2) is 5.03 Å². The van der Waals surface area contributed by atoms with Gasteiger partial charge in [-0.3, -0.25) is 9.69 Å². The maximum absolute atomic E-state index is 13.1. The van der Waals surface area contributed by atoms with Crippen LogP contribution < -0.4 is 0 Å². The van der Waals surface area contributed by atoms with Gasteiger partial charge in [0.25, 0.3) is 10.0 Å². The van der Waals surface area contributed by atoms with Gasteiger partial charge in [-0.2, -0.15) is 4.31 Å². The topological polar surface area (TPSA) is 78.7 Å².